The Kier molecular flexibility index (Phi) is 8.77. The lowest BCUT2D eigenvalue weighted by molar-refractivity contribution is -0.296. The van der Waals surface area contributed by atoms with Gasteiger partial charge in [0.15, 0.2) is 6.19 Å². The van der Waals surface area contributed by atoms with Crippen molar-refractivity contribution in [3.8, 4) is 6.19 Å². The Balaban J connectivity index is 1.66. The van der Waals surface area contributed by atoms with E-state index in [1.165, 1.54) is 6.92 Å². The van der Waals surface area contributed by atoms with E-state index >= 15 is 0 Å². The Morgan fingerprint density at radius 3 is 2.35 bits per heavy atom. The Hall–Kier alpha value is -4.27. The standard InChI is InChI=1S/C30H29F9N6O3/c1-26(48)10-22(44(14-26)15-40)25(47)45(19-2-3-20-21(9-19)42-13-28(20,29(34,35)36)30(37,38)39)23(16-8-17(31)12-41-11-16)24(46)43-18-4-6-27(32,33)7-5-18/h2-3,8-9,11-12,18,22-23,42,48H,4-7,10,13-14H2,1H3,(H,43,46). The summed E-state index contributed by atoms with van der Waals surface area (Å²) in [7, 11) is 0. The van der Waals surface area contributed by atoms with Gasteiger partial charge < -0.3 is 15.7 Å². The number of rotatable bonds is 6. The minimum atomic E-state index is -5.80. The van der Waals surface area contributed by atoms with Crippen LogP contribution in [0.15, 0.2) is 36.7 Å². The van der Waals surface area contributed by atoms with E-state index in [0.717, 1.165) is 35.5 Å². The summed E-state index contributed by atoms with van der Waals surface area (Å²) in [5, 5.41) is 25.1. The molecule has 260 valence electrons. The lowest BCUT2D eigenvalue weighted by Gasteiger charge is -2.36. The SMILES string of the molecule is CC1(O)CC(C(=O)N(c2ccc3c(c2)NCC3(C(F)(F)F)C(F)(F)F)C(C(=O)NC2CCC(F)(F)CC2)c2cncc(F)c2)N(C#N)C1. The van der Waals surface area contributed by atoms with Crippen LogP contribution in [0.5, 0.6) is 0 Å². The summed E-state index contributed by atoms with van der Waals surface area (Å²) in [6.45, 7) is -0.639. The molecule has 2 fully saturated rings. The molecular formula is C30H29F9N6O3. The van der Waals surface area contributed by atoms with Gasteiger partial charge in [-0.2, -0.15) is 31.6 Å². The zero-order valence-electron chi connectivity index (χ0n) is 25.1. The fourth-order valence-corrected chi connectivity index (χ4v) is 6.61. The smallest absolute Gasteiger partial charge is 0.388 e. The summed E-state index contributed by atoms with van der Waals surface area (Å²) < 4.78 is 127. The summed E-state index contributed by atoms with van der Waals surface area (Å²) >= 11 is 0. The number of carbonyl (C=O) groups excluding carboxylic acids is 2. The molecule has 0 radical (unpaired) electrons. The van der Waals surface area contributed by atoms with Crippen LogP contribution in [-0.4, -0.2) is 75.9 Å². The number of carbonyl (C=O) groups is 2. The number of fused-ring (bicyclic) bond motifs is 1. The fourth-order valence-electron chi connectivity index (χ4n) is 6.61. The maximum absolute atomic E-state index is 14.5. The number of nitrogens with zero attached hydrogens (tertiary/aromatic N) is 4. The molecule has 3 heterocycles. The van der Waals surface area contributed by atoms with Gasteiger partial charge in [-0.25, -0.2) is 13.2 Å². The number of hydrogen-bond acceptors (Lipinski definition) is 7. The van der Waals surface area contributed by atoms with E-state index in [1.807, 2.05) is 0 Å². The summed E-state index contributed by atoms with van der Waals surface area (Å²) in [5.41, 5.74) is -8.49. The predicted molar refractivity (Wildman–Crippen MR) is 150 cm³/mol. The molecular weight excluding hydrogens is 663 g/mol. The Labute approximate surface area is 267 Å². The summed E-state index contributed by atoms with van der Waals surface area (Å²) in [5.74, 6) is -6.10. The number of hydrogen-bond donors (Lipinski definition) is 3. The lowest BCUT2D eigenvalue weighted by atomic mass is 9.80. The van der Waals surface area contributed by atoms with E-state index in [4.69, 9.17) is 0 Å². The lowest BCUT2D eigenvalue weighted by Crippen LogP contribution is -2.55. The predicted octanol–water partition coefficient (Wildman–Crippen LogP) is 5.08. The molecule has 2 aliphatic heterocycles. The summed E-state index contributed by atoms with van der Waals surface area (Å²) in [6.07, 6.45) is -9.93. The van der Waals surface area contributed by atoms with Crippen molar-refractivity contribution in [1.29, 1.82) is 5.26 Å². The topological polar surface area (TPSA) is 122 Å². The van der Waals surface area contributed by atoms with Crippen LogP contribution < -0.4 is 15.5 Å². The quantitative estimate of drug-likeness (QED) is 0.285. The molecule has 0 spiro atoms. The molecule has 5 rings (SSSR count). The molecule has 1 saturated heterocycles. The van der Waals surface area contributed by atoms with Crippen LogP contribution in [0.4, 0.5) is 50.9 Å². The molecule has 1 aliphatic carbocycles. The van der Waals surface area contributed by atoms with Gasteiger partial charge in [0, 0.05) is 60.5 Å². The van der Waals surface area contributed by atoms with Crippen molar-refractivity contribution in [2.75, 3.05) is 23.3 Å². The van der Waals surface area contributed by atoms with Gasteiger partial charge in [-0.05, 0) is 38.0 Å². The van der Waals surface area contributed by atoms with Gasteiger partial charge in [0.2, 0.25) is 17.2 Å². The monoisotopic (exact) mass is 692 g/mol. The van der Waals surface area contributed by atoms with Crippen molar-refractivity contribution in [3.05, 3.63) is 53.6 Å². The van der Waals surface area contributed by atoms with Gasteiger partial charge in [0.1, 0.15) is 17.9 Å². The first kappa shape index (κ1) is 35.0. The summed E-state index contributed by atoms with van der Waals surface area (Å²) in [4.78, 5) is 33.7. The van der Waals surface area contributed by atoms with Crippen molar-refractivity contribution in [2.24, 2.45) is 0 Å². The second-order valence-electron chi connectivity index (χ2n) is 12.6. The van der Waals surface area contributed by atoms with Crippen LogP contribution in [0.25, 0.3) is 0 Å². The first-order valence-corrected chi connectivity index (χ1v) is 14.7. The molecule has 0 bridgehead atoms. The maximum atomic E-state index is 14.5. The number of nitriles is 1. The molecule has 9 nitrogen and oxygen atoms in total. The molecule has 1 aromatic heterocycles. The zero-order chi connectivity index (χ0) is 35.4. The number of likely N-dealkylation sites (tertiary alicyclic amines) is 1. The Bertz CT molecular complexity index is 1600. The van der Waals surface area contributed by atoms with Gasteiger partial charge in [0.25, 0.3) is 5.91 Å². The molecule has 3 unspecified atom stereocenters. The molecule has 1 saturated carbocycles. The molecule has 2 aromatic rings. The van der Waals surface area contributed by atoms with Crippen LogP contribution in [0.1, 0.15) is 56.2 Å². The average molecular weight is 693 g/mol. The zero-order valence-corrected chi connectivity index (χ0v) is 25.1. The third kappa shape index (κ3) is 6.31. The highest BCUT2D eigenvalue weighted by atomic mass is 19.4. The van der Waals surface area contributed by atoms with Crippen molar-refractivity contribution >= 4 is 23.2 Å². The number of amides is 2. The minimum absolute atomic E-state index is 0.172. The highest BCUT2D eigenvalue weighted by Crippen LogP contribution is 2.57. The third-order valence-electron chi connectivity index (χ3n) is 9.04. The van der Waals surface area contributed by atoms with Gasteiger partial charge >= 0.3 is 12.4 Å². The first-order valence-electron chi connectivity index (χ1n) is 14.7. The normalized spacial score (nSPS) is 24.3. The second-order valence-corrected chi connectivity index (χ2v) is 12.6. The van der Waals surface area contributed by atoms with Gasteiger partial charge in [-0.1, -0.05) is 6.07 Å². The van der Waals surface area contributed by atoms with E-state index in [0.29, 0.717) is 11.0 Å². The molecule has 48 heavy (non-hydrogen) atoms. The number of β-amino-alcohol motifs (C(OH)–C–C–N with tert-alkyl or cyclic N) is 1. The highest BCUT2D eigenvalue weighted by Gasteiger charge is 2.73. The highest BCUT2D eigenvalue weighted by molar-refractivity contribution is 6.04. The van der Waals surface area contributed by atoms with E-state index in [2.05, 4.69) is 15.6 Å². The molecule has 18 heteroatoms. The molecule has 1 aromatic carbocycles. The Morgan fingerprint density at radius 2 is 1.77 bits per heavy atom. The number of pyridine rings is 1. The van der Waals surface area contributed by atoms with Crippen LogP contribution in [0.2, 0.25) is 0 Å². The van der Waals surface area contributed by atoms with Crippen LogP contribution in [0, 0.1) is 17.3 Å². The molecule has 2 amide bonds. The van der Waals surface area contributed by atoms with Crippen molar-refractivity contribution in [1.82, 2.24) is 15.2 Å². The first-order chi connectivity index (χ1) is 22.2. The van der Waals surface area contributed by atoms with Crippen molar-refractivity contribution in [3.63, 3.8) is 0 Å². The van der Waals surface area contributed by atoms with Crippen LogP contribution in [-0.2, 0) is 15.0 Å². The molecule has 3 aliphatic rings. The van der Waals surface area contributed by atoms with Crippen molar-refractivity contribution < 1.29 is 54.2 Å². The molecule has 3 N–H and O–H groups in total. The van der Waals surface area contributed by atoms with E-state index < -0.39 is 101 Å². The van der Waals surface area contributed by atoms with E-state index in [1.54, 1.807) is 6.19 Å². The fraction of sp³-hybridized carbons (Fsp3) is 0.533. The number of aromatic nitrogens is 1. The van der Waals surface area contributed by atoms with Gasteiger partial charge in [0.05, 0.1) is 18.3 Å². The Morgan fingerprint density at radius 1 is 1.12 bits per heavy atom. The minimum Gasteiger partial charge on any atom is -0.388 e. The second kappa shape index (κ2) is 12.0. The average Bonchev–Trinajstić information content (AvgIpc) is 3.53. The summed E-state index contributed by atoms with van der Waals surface area (Å²) in [6, 6.07) is -1.34. The van der Waals surface area contributed by atoms with E-state index in [9.17, 15) is 59.5 Å². The number of aliphatic hydroxyl groups is 1. The number of anilines is 2. The maximum Gasteiger partial charge on any atom is 0.409 e. The number of nitrogens with one attached hydrogen (secondary N) is 2. The van der Waals surface area contributed by atoms with Crippen LogP contribution in [0.3, 0.4) is 0 Å². The van der Waals surface area contributed by atoms with Crippen LogP contribution >= 0.6 is 0 Å². The number of alkyl halides is 8. The van der Waals surface area contributed by atoms with E-state index in [-0.39, 0.29) is 31.4 Å². The van der Waals surface area contributed by atoms with Crippen molar-refractivity contribution in [2.45, 2.75) is 86.4 Å². The van der Waals surface area contributed by atoms with Gasteiger partial charge in [-0.3, -0.25) is 24.4 Å². The third-order valence-corrected chi connectivity index (χ3v) is 9.04. The van der Waals surface area contributed by atoms with Gasteiger partial charge in [-0.15, -0.1) is 0 Å². The number of halogens is 9. The largest absolute Gasteiger partial charge is 0.409 e. The molecule has 3 atom stereocenters. The number of benzene rings is 1.